The van der Waals surface area contributed by atoms with Crippen LogP contribution in [-0.4, -0.2) is 0 Å². The predicted octanol–water partition coefficient (Wildman–Crippen LogP) is 4.58. The lowest BCUT2D eigenvalue weighted by Gasteiger charge is -2.09. The van der Waals surface area contributed by atoms with Crippen molar-refractivity contribution in [2.45, 2.75) is 26.7 Å². The number of hydrogen-bond donors (Lipinski definition) is 0. The van der Waals surface area contributed by atoms with Gasteiger partial charge < -0.3 is 0 Å². The molecule has 0 saturated carbocycles. The number of benzene rings is 1. The Morgan fingerprint density at radius 1 is 1.31 bits per heavy atom. The summed E-state index contributed by atoms with van der Waals surface area (Å²) in [6.07, 6.45) is 2.21. The molecule has 1 aromatic rings. The van der Waals surface area contributed by atoms with Gasteiger partial charge in [0.05, 0.1) is 0 Å². The van der Waals surface area contributed by atoms with Gasteiger partial charge >= 0.3 is 0 Å². The van der Waals surface area contributed by atoms with Crippen molar-refractivity contribution in [3.05, 3.63) is 33.8 Å². The first kappa shape index (κ1) is 10.9. The molecule has 0 N–H and O–H groups in total. The summed E-state index contributed by atoms with van der Waals surface area (Å²) >= 11 is 11.8. The van der Waals surface area contributed by atoms with E-state index in [0.717, 1.165) is 11.4 Å². The van der Waals surface area contributed by atoms with E-state index in [9.17, 15) is 0 Å². The van der Waals surface area contributed by atoms with Crippen LogP contribution in [-0.2, 0) is 6.42 Å². The van der Waals surface area contributed by atoms with Gasteiger partial charge in [0.2, 0.25) is 0 Å². The minimum atomic E-state index is 0.679. The second-order valence-electron chi connectivity index (χ2n) is 3.45. The summed E-state index contributed by atoms with van der Waals surface area (Å²) in [7, 11) is 0. The minimum absolute atomic E-state index is 0.679. The van der Waals surface area contributed by atoms with E-state index in [1.165, 1.54) is 12.0 Å². The number of halogens is 2. The highest BCUT2D eigenvalue weighted by Gasteiger charge is 2.05. The molecule has 0 aliphatic rings. The first-order valence-corrected chi connectivity index (χ1v) is 5.33. The SMILES string of the molecule is CC[C@@H](C)Cc1ccc(Cl)cc1Cl. The molecule has 1 rings (SSSR count). The standard InChI is InChI=1S/C11H14Cl2/c1-3-8(2)6-9-4-5-10(12)7-11(9)13/h4-5,7-8H,3,6H2,1-2H3/t8-/m1/s1. The van der Waals surface area contributed by atoms with Crippen molar-refractivity contribution in [1.29, 1.82) is 0 Å². The lowest BCUT2D eigenvalue weighted by atomic mass is 9.99. The van der Waals surface area contributed by atoms with E-state index in [1.807, 2.05) is 12.1 Å². The Bertz CT molecular complexity index is 281. The Labute approximate surface area is 89.9 Å². The van der Waals surface area contributed by atoms with Crippen LogP contribution in [0.2, 0.25) is 10.0 Å². The molecule has 0 heterocycles. The van der Waals surface area contributed by atoms with E-state index < -0.39 is 0 Å². The Kier molecular flexibility index (Phi) is 4.08. The predicted molar refractivity (Wildman–Crippen MR) is 59.6 cm³/mol. The number of hydrogen-bond acceptors (Lipinski definition) is 0. The highest BCUT2D eigenvalue weighted by atomic mass is 35.5. The highest BCUT2D eigenvalue weighted by Crippen LogP contribution is 2.23. The molecule has 0 fully saturated rings. The number of rotatable bonds is 3. The largest absolute Gasteiger partial charge is 0.0843 e. The minimum Gasteiger partial charge on any atom is -0.0843 e. The van der Waals surface area contributed by atoms with Crippen molar-refractivity contribution < 1.29 is 0 Å². The van der Waals surface area contributed by atoms with E-state index in [-0.39, 0.29) is 0 Å². The van der Waals surface area contributed by atoms with Crippen LogP contribution in [0.25, 0.3) is 0 Å². The van der Waals surface area contributed by atoms with Gasteiger partial charge in [0.1, 0.15) is 0 Å². The molecule has 0 aliphatic heterocycles. The molecule has 72 valence electrons. The molecule has 0 amide bonds. The van der Waals surface area contributed by atoms with Gasteiger partial charge in [0.15, 0.2) is 0 Å². The van der Waals surface area contributed by atoms with Crippen molar-refractivity contribution in [2.24, 2.45) is 5.92 Å². The molecule has 0 saturated heterocycles. The highest BCUT2D eigenvalue weighted by molar-refractivity contribution is 6.35. The Morgan fingerprint density at radius 3 is 2.54 bits per heavy atom. The summed E-state index contributed by atoms with van der Waals surface area (Å²) in [5, 5.41) is 1.49. The van der Waals surface area contributed by atoms with Gasteiger partial charge in [0.25, 0.3) is 0 Å². The third-order valence-corrected chi connectivity index (χ3v) is 2.87. The Morgan fingerprint density at radius 2 is 2.00 bits per heavy atom. The fourth-order valence-electron chi connectivity index (χ4n) is 1.21. The molecule has 0 spiro atoms. The van der Waals surface area contributed by atoms with Crippen LogP contribution in [0.15, 0.2) is 18.2 Å². The first-order chi connectivity index (χ1) is 6.13. The van der Waals surface area contributed by atoms with Crippen LogP contribution in [0.1, 0.15) is 25.8 Å². The van der Waals surface area contributed by atoms with E-state index in [4.69, 9.17) is 23.2 Å². The van der Waals surface area contributed by atoms with Gasteiger partial charge in [-0.15, -0.1) is 0 Å². The molecular formula is C11H14Cl2. The van der Waals surface area contributed by atoms with Crippen molar-refractivity contribution in [2.75, 3.05) is 0 Å². The van der Waals surface area contributed by atoms with Gasteiger partial charge in [-0.3, -0.25) is 0 Å². The van der Waals surface area contributed by atoms with Gasteiger partial charge in [-0.25, -0.2) is 0 Å². The van der Waals surface area contributed by atoms with Gasteiger partial charge in [-0.1, -0.05) is 49.5 Å². The van der Waals surface area contributed by atoms with Crippen LogP contribution >= 0.6 is 23.2 Å². The Balaban J connectivity index is 2.77. The average Bonchev–Trinajstić information content (AvgIpc) is 2.09. The molecule has 0 aliphatic carbocycles. The summed E-state index contributed by atoms with van der Waals surface area (Å²) in [5.74, 6) is 0.679. The van der Waals surface area contributed by atoms with Gasteiger partial charge in [-0.05, 0) is 30.0 Å². The van der Waals surface area contributed by atoms with E-state index in [0.29, 0.717) is 10.9 Å². The van der Waals surface area contributed by atoms with E-state index in [1.54, 1.807) is 6.07 Å². The molecule has 13 heavy (non-hydrogen) atoms. The zero-order valence-electron chi connectivity index (χ0n) is 7.98. The van der Waals surface area contributed by atoms with Crippen molar-refractivity contribution >= 4 is 23.2 Å². The molecule has 1 aromatic carbocycles. The van der Waals surface area contributed by atoms with Crippen molar-refractivity contribution in [3.8, 4) is 0 Å². The van der Waals surface area contributed by atoms with Crippen LogP contribution < -0.4 is 0 Å². The van der Waals surface area contributed by atoms with Gasteiger partial charge in [0, 0.05) is 10.0 Å². The van der Waals surface area contributed by atoms with E-state index >= 15 is 0 Å². The lowest BCUT2D eigenvalue weighted by Crippen LogP contribution is -1.98. The smallest absolute Gasteiger partial charge is 0.0452 e. The van der Waals surface area contributed by atoms with Crippen LogP contribution in [0.3, 0.4) is 0 Å². The summed E-state index contributed by atoms with van der Waals surface area (Å²) in [4.78, 5) is 0. The summed E-state index contributed by atoms with van der Waals surface area (Å²) < 4.78 is 0. The molecule has 0 radical (unpaired) electrons. The van der Waals surface area contributed by atoms with Crippen LogP contribution in [0, 0.1) is 5.92 Å². The fraction of sp³-hybridized carbons (Fsp3) is 0.455. The molecule has 0 nitrogen and oxygen atoms in total. The van der Waals surface area contributed by atoms with Gasteiger partial charge in [-0.2, -0.15) is 0 Å². The summed E-state index contributed by atoms with van der Waals surface area (Å²) in [6.45, 7) is 4.42. The zero-order valence-corrected chi connectivity index (χ0v) is 9.49. The third kappa shape index (κ3) is 3.21. The van der Waals surface area contributed by atoms with Crippen LogP contribution in [0.4, 0.5) is 0 Å². The topological polar surface area (TPSA) is 0 Å². The Hall–Kier alpha value is -0.200. The van der Waals surface area contributed by atoms with Crippen molar-refractivity contribution in [1.82, 2.24) is 0 Å². The molecule has 0 unspecified atom stereocenters. The third-order valence-electron chi connectivity index (χ3n) is 2.28. The maximum absolute atomic E-state index is 6.05. The second kappa shape index (κ2) is 4.88. The molecule has 2 heteroatoms. The summed E-state index contributed by atoms with van der Waals surface area (Å²) in [5.41, 5.74) is 1.19. The lowest BCUT2D eigenvalue weighted by molar-refractivity contribution is 0.560. The van der Waals surface area contributed by atoms with Crippen molar-refractivity contribution in [3.63, 3.8) is 0 Å². The van der Waals surface area contributed by atoms with Crippen LogP contribution in [0.5, 0.6) is 0 Å². The average molecular weight is 217 g/mol. The maximum atomic E-state index is 6.05. The monoisotopic (exact) mass is 216 g/mol. The molecule has 0 bridgehead atoms. The molecule has 0 aromatic heterocycles. The second-order valence-corrected chi connectivity index (χ2v) is 4.30. The van der Waals surface area contributed by atoms with E-state index in [2.05, 4.69) is 13.8 Å². The normalized spacial score (nSPS) is 12.9. The summed E-state index contributed by atoms with van der Waals surface area (Å²) in [6, 6.07) is 5.71. The maximum Gasteiger partial charge on any atom is 0.0452 e. The first-order valence-electron chi connectivity index (χ1n) is 4.57. The quantitative estimate of drug-likeness (QED) is 0.694. The molecule has 1 atom stereocenters. The molecular weight excluding hydrogens is 203 g/mol. The zero-order chi connectivity index (χ0) is 9.84. The fourth-order valence-corrected chi connectivity index (χ4v) is 1.69.